The number of benzene rings is 1. The van der Waals surface area contributed by atoms with E-state index in [-0.39, 0.29) is 5.56 Å². The third kappa shape index (κ3) is 4.57. The maximum atomic E-state index is 12.8. The third-order valence-electron chi connectivity index (χ3n) is 5.36. The number of nitrogens with one attached hydrogen (secondary N) is 1. The van der Waals surface area contributed by atoms with Crippen molar-refractivity contribution in [2.24, 2.45) is 0 Å². The zero-order valence-corrected chi connectivity index (χ0v) is 19.3. The largest absolute Gasteiger partial charge is 0.330 e. The van der Waals surface area contributed by atoms with Crippen molar-refractivity contribution >= 4 is 22.9 Å². The first kappa shape index (κ1) is 22.1. The van der Waals surface area contributed by atoms with E-state index in [1.807, 2.05) is 41.1 Å². The summed E-state index contributed by atoms with van der Waals surface area (Å²) >= 11 is 1.60. The van der Waals surface area contributed by atoms with Crippen LogP contribution in [0.1, 0.15) is 44.5 Å². The minimum absolute atomic E-state index is 0.352. The van der Waals surface area contributed by atoms with Gasteiger partial charge in [0.25, 0.3) is 5.56 Å². The van der Waals surface area contributed by atoms with Gasteiger partial charge in [-0.05, 0) is 18.4 Å². The average molecular weight is 453 g/mol. The Balaban J connectivity index is 1.77. The predicted molar refractivity (Wildman–Crippen MR) is 127 cm³/mol. The van der Waals surface area contributed by atoms with Crippen LogP contribution in [0.4, 0.5) is 0 Å². The summed E-state index contributed by atoms with van der Waals surface area (Å²) in [7, 11) is 0. The summed E-state index contributed by atoms with van der Waals surface area (Å²) in [6.45, 7) is 6.19. The molecule has 9 heteroatoms. The van der Waals surface area contributed by atoms with Gasteiger partial charge in [0, 0.05) is 25.5 Å². The van der Waals surface area contributed by atoms with Crippen molar-refractivity contribution in [1.82, 2.24) is 28.7 Å². The molecular weight excluding hydrogens is 424 g/mol. The molecule has 1 aromatic carbocycles. The van der Waals surface area contributed by atoms with E-state index in [2.05, 4.69) is 28.4 Å². The van der Waals surface area contributed by atoms with E-state index in [1.54, 1.807) is 22.5 Å². The van der Waals surface area contributed by atoms with Crippen LogP contribution in [-0.4, -0.2) is 28.7 Å². The van der Waals surface area contributed by atoms with Gasteiger partial charge in [0.05, 0.1) is 12.3 Å². The molecule has 0 bridgehead atoms. The van der Waals surface area contributed by atoms with Crippen molar-refractivity contribution in [3.05, 3.63) is 75.0 Å². The van der Waals surface area contributed by atoms with Crippen LogP contribution >= 0.6 is 11.8 Å². The lowest BCUT2D eigenvalue weighted by atomic mass is 10.2. The number of hydrogen-bond acceptors (Lipinski definition) is 5. The first-order valence-corrected chi connectivity index (χ1v) is 12.0. The van der Waals surface area contributed by atoms with Crippen LogP contribution in [0.5, 0.6) is 0 Å². The first-order chi connectivity index (χ1) is 15.6. The number of nitrogens with zero attached hydrogens (tertiary/aromatic N) is 5. The minimum atomic E-state index is -0.441. The third-order valence-corrected chi connectivity index (χ3v) is 6.36. The van der Waals surface area contributed by atoms with Crippen molar-refractivity contribution in [2.75, 3.05) is 0 Å². The molecule has 0 amide bonds. The van der Waals surface area contributed by atoms with Crippen molar-refractivity contribution in [2.45, 2.75) is 63.7 Å². The van der Waals surface area contributed by atoms with E-state index >= 15 is 0 Å². The number of H-pyrrole nitrogens is 1. The number of hydrogen-bond donors (Lipinski definition) is 1. The van der Waals surface area contributed by atoms with Crippen molar-refractivity contribution in [3.8, 4) is 0 Å². The lowest BCUT2D eigenvalue weighted by Gasteiger charge is -2.09. The fourth-order valence-corrected chi connectivity index (χ4v) is 4.71. The molecular formula is C23H28N6O2S. The fraction of sp³-hybridized carbons (Fsp3) is 0.391. The van der Waals surface area contributed by atoms with Crippen LogP contribution in [0.15, 0.2) is 57.5 Å². The Morgan fingerprint density at radius 1 is 1.03 bits per heavy atom. The summed E-state index contributed by atoms with van der Waals surface area (Å²) in [4.78, 5) is 37.3. The molecule has 3 heterocycles. The second-order valence-electron chi connectivity index (χ2n) is 7.73. The Labute approximate surface area is 190 Å². The Bertz CT molecular complexity index is 1300. The van der Waals surface area contributed by atoms with Crippen molar-refractivity contribution < 1.29 is 0 Å². The van der Waals surface area contributed by atoms with E-state index in [4.69, 9.17) is 4.98 Å². The number of aromatic amines is 1. The number of unbranched alkanes of at least 4 members (excludes halogenated alkanes) is 1. The molecule has 0 aliphatic carbocycles. The minimum Gasteiger partial charge on any atom is -0.326 e. The van der Waals surface area contributed by atoms with Crippen LogP contribution in [0.3, 0.4) is 0 Å². The van der Waals surface area contributed by atoms with E-state index in [1.165, 1.54) is 0 Å². The number of aromatic nitrogens is 6. The zero-order valence-electron chi connectivity index (χ0n) is 18.5. The second-order valence-corrected chi connectivity index (χ2v) is 8.67. The van der Waals surface area contributed by atoms with Crippen LogP contribution in [-0.2, 0) is 25.4 Å². The topological polar surface area (TPSA) is 90.5 Å². The van der Waals surface area contributed by atoms with Crippen LogP contribution in [0.2, 0.25) is 0 Å². The molecule has 1 N–H and O–H groups in total. The first-order valence-electron chi connectivity index (χ1n) is 11.0. The summed E-state index contributed by atoms with van der Waals surface area (Å²) in [5.74, 6) is 1.35. The molecule has 0 aliphatic rings. The van der Waals surface area contributed by atoms with Gasteiger partial charge in [-0.2, -0.15) is 0 Å². The van der Waals surface area contributed by atoms with Crippen molar-refractivity contribution in [3.63, 3.8) is 0 Å². The molecule has 3 aromatic heterocycles. The number of aryl methyl sites for hydroxylation is 2. The number of thioether (sulfide) groups is 1. The Hall–Kier alpha value is -3.07. The molecule has 4 rings (SSSR count). The monoisotopic (exact) mass is 452 g/mol. The molecule has 0 atom stereocenters. The van der Waals surface area contributed by atoms with Gasteiger partial charge in [0.1, 0.15) is 5.82 Å². The van der Waals surface area contributed by atoms with Crippen LogP contribution < -0.4 is 11.2 Å². The smallest absolute Gasteiger partial charge is 0.326 e. The fourth-order valence-electron chi connectivity index (χ4n) is 3.77. The van der Waals surface area contributed by atoms with E-state index < -0.39 is 5.69 Å². The summed E-state index contributed by atoms with van der Waals surface area (Å²) in [5.41, 5.74) is 1.04. The van der Waals surface area contributed by atoms with Gasteiger partial charge in [0.2, 0.25) is 0 Å². The summed E-state index contributed by atoms with van der Waals surface area (Å²) in [6, 6.07) is 9.72. The highest BCUT2D eigenvalue weighted by atomic mass is 32.2. The average Bonchev–Trinajstić information content (AvgIpc) is 3.39. The van der Waals surface area contributed by atoms with E-state index in [9.17, 15) is 9.59 Å². The summed E-state index contributed by atoms with van der Waals surface area (Å²) in [5, 5.41) is 0.927. The van der Waals surface area contributed by atoms with Gasteiger partial charge >= 0.3 is 5.69 Å². The highest BCUT2D eigenvalue weighted by molar-refractivity contribution is 7.98. The zero-order chi connectivity index (χ0) is 22.5. The number of rotatable bonds is 10. The Kier molecular flexibility index (Phi) is 6.94. The van der Waals surface area contributed by atoms with Gasteiger partial charge in [-0.15, -0.1) is 0 Å². The molecule has 8 nitrogen and oxygen atoms in total. The molecule has 0 saturated carbocycles. The number of imidazole rings is 2. The predicted octanol–water partition coefficient (Wildman–Crippen LogP) is 3.63. The van der Waals surface area contributed by atoms with Gasteiger partial charge in [0.15, 0.2) is 16.3 Å². The molecule has 0 spiro atoms. The Morgan fingerprint density at radius 3 is 2.59 bits per heavy atom. The highest BCUT2D eigenvalue weighted by Gasteiger charge is 2.19. The van der Waals surface area contributed by atoms with Gasteiger partial charge in [-0.25, -0.2) is 14.8 Å². The molecule has 4 aromatic rings. The lowest BCUT2D eigenvalue weighted by molar-refractivity contribution is 0.617. The van der Waals surface area contributed by atoms with Gasteiger partial charge in [-0.1, -0.05) is 62.4 Å². The molecule has 0 saturated heterocycles. The standard InChI is InChI=1S/C23H28N6O2S/c1-3-5-13-28-18(16-32-23-24-11-14-27(23)12-4-2)25-20-19(28)21(30)26-22(31)29(20)15-17-9-7-6-8-10-17/h6-11,14H,3-5,12-13,15-16H2,1-2H3,(H,26,30,31). The lowest BCUT2D eigenvalue weighted by Crippen LogP contribution is -2.31. The van der Waals surface area contributed by atoms with Crippen LogP contribution in [0, 0.1) is 0 Å². The normalized spacial score (nSPS) is 11.4. The molecule has 0 unspecified atom stereocenters. The SMILES string of the molecule is CCCCn1c(CSc2nccn2CCC)nc2c1c(=O)[nH]c(=O)n2Cc1ccccc1. The second kappa shape index (κ2) is 10.0. The molecule has 168 valence electrons. The van der Waals surface area contributed by atoms with Crippen molar-refractivity contribution in [1.29, 1.82) is 0 Å². The van der Waals surface area contributed by atoms with E-state index in [0.717, 1.165) is 42.4 Å². The molecule has 32 heavy (non-hydrogen) atoms. The number of fused-ring (bicyclic) bond motifs is 1. The van der Waals surface area contributed by atoms with Crippen LogP contribution in [0.25, 0.3) is 11.2 Å². The quantitative estimate of drug-likeness (QED) is 0.371. The summed E-state index contributed by atoms with van der Waals surface area (Å²) < 4.78 is 5.65. The summed E-state index contributed by atoms with van der Waals surface area (Å²) in [6.07, 6.45) is 6.73. The van der Waals surface area contributed by atoms with Gasteiger partial charge in [-0.3, -0.25) is 14.3 Å². The maximum absolute atomic E-state index is 12.8. The molecule has 0 radical (unpaired) electrons. The maximum Gasteiger partial charge on any atom is 0.330 e. The molecule has 0 fully saturated rings. The molecule has 0 aliphatic heterocycles. The van der Waals surface area contributed by atoms with Gasteiger partial charge < -0.3 is 9.13 Å². The van der Waals surface area contributed by atoms with E-state index in [0.29, 0.717) is 30.0 Å². The Morgan fingerprint density at radius 2 is 1.84 bits per heavy atom. The highest BCUT2D eigenvalue weighted by Crippen LogP contribution is 2.24.